The van der Waals surface area contributed by atoms with E-state index < -0.39 is 29.1 Å². The van der Waals surface area contributed by atoms with Gasteiger partial charge >= 0.3 is 0 Å². The molecular formula is C30H36F5O. The molecular weight excluding hydrogens is 471 g/mol. The highest BCUT2D eigenvalue weighted by molar-refractivity contribution is 5.47. The molecule has 1 radical (unpaired) electrons. The zero-order valence-electron chi connectivity index (χ0n) is 21.2. The van der Waals surface area contributed by atoms with Crippen LogP contribution in [0.25, 0.3) is 0 Å². The average molecular weight is 508 g/mol. The minimum absolute atomic E-state index is 0.00100. The molecule has 2 saturated carbocycles. The van der Waals surface area contributed by atoms with Crippen molar-refractivity contribution in [3.05, 3.63) is 58.4 Å². The maximum atomic E-state index is 14.7. The molecule has 0 spiro atoms. The summed E-state index contributed by atoms with van der Waals surface area (Å²) in [5.74, 6) is -4.67. The second-order valence-electron chi connectivity index (χ2n) is 10.7. The highest BCUT2D eigenvalue weighted by Crippen LogP contribution is 2.47. The Kier molecular flexibility index (Phi) is 8.95. The highest BCUT2D eigenvalue weighted by atomic mass is 19.2. The van der Waals surface area contributed by atoms with E-state index in [9.17, 15) is 22.0 Å². The molecule has 2 aliphatic rings. The van der Waals surface area contributed by atoms with Crippen molar-refractivity contribution in [2.75, 3.05) is 0 Å². The fraction of sp³-hybridized carbons (Fsp3) is 0.600. The summed E-state index contributed by atoms with van der Waals surface area (Å²) in [7, 11) is 0. The molecule has 0 aromatic heterocycles. The zero-order valence-corrected chi connectivity index (χ0v) is 21.2. The largest absolute Gasteiger partial charge is 0.456 e. The molecule has 2 aromatic rings. The van der Waals surface area contributed by atoms with E-state index in [0.29, 0.717) is 11.5 Å². The number of unbranched alkanes of at least 4 members (excludes halogenated alkanes) is 1. The predicted octanol–water partition coefficient (Wildman–Crippen LogP) is 9.81. The van der Waals surface area contributed by atoms with Crippen LogP contribution >= 0.6 is 0 Å². The number of rotatable bonds is 8. The maximum absolute atomic E-state index is 14.7. The van der Waals surface area contributed by atoms with Crippen LogP contribution in [0.3, 0.4) is 0 Å². The van der Waals surface area contributed by atoms with Crippen molar-refractivity contribution in [3.8, 4) is 11.5 Å². The van der Waals surface area contributed by atoms with Gasteiger partial charge in [0.2, 0.25) is 0 Å². The van der Waals surface area contributed by atoms with E-state index in [0.717, 1.165) is 49.7 Å². The topological polar surface area (TPSA) is 9.23 Å². The summed E-state index contributed by atoms with van der Waals surface area (Å²) in [5.41, 5.74) is 0.400. The summed E-state index contributed by atoms with van der Waals surface area (Å²) in [4.78, 5) is 0. The smallest absolute Gasteiger partial charge is 0.194 e. The van der Waals surface area contributed by atoms with Crippen molar-refractivity contribution in [3.63, 3.8) is 0 Å². The van der Waals surface area contributed by atoms with E-state index >= 15 is 0 Å². The van der Waals surface area contributed by atoms with Gasteiger partial charge in [0, 0.05) is 29.3 Å². The first-order valence-electron chi connectivity index (χ1n) is 13.6. The summed E-state index contributed by atoms with van der Waals surface area (Å²) in [6.07, 6.45) is 12.8. The third-order valence-corrected chi connectivity index (χ3v) is 8.46. The molecule has 0 amide bonds. The van der Waals surface area contributed by atoms with Gasteiger partial charge in [-0.3, -0.25) is 0 Å². The van der Waals surface area contributed by atoms with Gasteiger partial charge in [0.25, 0.3) is 0 Å². The van der Waals surface area contributed by atoms with Gasteiger partial charge in [-0.05, 0) is 68.6 Å². The van der Waals surface area contributed by atoms with Gasteiger partial charge in [-0.1, -0.05) is 46.0 Å². The monoisotopic (exact) mass is 507 g/mol. The molecule has 0 aliphatic heterocycles. The summed E-state index contributed by atoms with van der Waals surface area (Å²) in [6, 6.07) is 3.98. The minimum atomic E-state index is -1.60. The molecule has 2 aromatic carbocycles. The van der Waals surface area contributed by atoms with E-state index in [1.807, 2.05) is 0 Å². The van der Waals surface area contributed by atoms with Crippen LogP contribution in [-0.4, -0.2) is 0 Å². The Labute approximate surface area is 211 Å². The number of benzene rings is 2. The normalized spacial score (nSPS) is 24.6. The van der Waals surface area contributed by atoms with E-state index in [4.69, 9.17) is 4.74 Å². The molecule has 2 aliphatic carbocycles. The Morgan fingerprint density at radius 2 is 1.39 bits per heavy atom. The summed E-state index contributed by atoms with van der Waals surface area (Å²) < 4.78 is 75.9. The third kappa shape index (κ3) is 5.89. The highest BCUT2D eigenvalue weighted by Gasteiger charge is 2.33. The van der Waals surface area contributed by atoms with E-state index in [1.165, 1.54) is 44.9 Å². The standard InChI is InChI=1S/C30H36F5O/c1-3-5-6-18-7-9-19(10-8-18)20-11-13-21(14-12-20)24-17-27(33)28(34)23(4-2)30(24)36-22-15-25(31)29(35)26(32)16-22/h15-16,18-21H,3-14H2,1-2H3/t18-,19-,20-,21-. The van der Waals surface area contributed by atoms with Gasteiger partial charge < -0.3 is 4.74 Å². The molecule has 2 fully saturated rings. The first-order valence-corrected chi connectivity index (χ1v) is 13.6. The van der Waals surface area contributed by atoms with Crippen molar-refractivity contribution in [2.24, 2.45) is 17.8 Å². The summed E-state index contributed by atoms with van der Waals surface area (Å²) in [6.45, 7) is 3.90. The zero-order chi connectivity index (χ0) is 25.8. The quantitative estimate of drug-likeness (QED) is 0.255. The SMILES string of the molecule is CCCC[C@H]1CC[C@H]([C@H]2CC[C@H](c3[c]c(F)c(F)c(CC)c3Oc3cc(F)c(F)c(F)c3)CC2)CC1. The van der Waals surface area contributed by atoms with Crippen LogP contribution in [0.2, 0.25) is 0 Å². The molecule has 0 atom stereocenters. The van der Waals surface area contributed by atoms with Crippen LogP contribution in [0.1, 0.15) is 102 Å². The van der Waals surface area contributed by atoms with Crippen LogP contribution < -0.4 is 4.74 Å². The minimum Gasteiger partial charge on any atom is -0.456 e. The van der Waals surface area contributed by atoms with Crippen molar-refractivity contribution in [1.82, 2.24) is 0 Å². The molecule has 0 N–H and O–H groups in total. The summed E-state index contributed by atoms with van der Waals surface area (Å²) >= 11 is 0. The van der Waals surface area contributed by atoms with E-state index in [2.05, 4.69) is 13.0 Å². The van der Waals surface area contributed by atoms with Gasteiger partial charge in [0.15, 0.2) is 29.1 Å². The van der Waals surface area contributed by atoms with Gasteiger partial charge in [-0.15, -0.1) is 0 Å². The van der Waals surface area contributed by atoms with Gasteiger partial charge in [0.1, 0.15) is 11.5 Å². The van der Waals surface area contributed by atoms with Crippen LogP contribution in [-0.2, 0) is 6.42 Å². The maximum Gasteiger partial charge on any atom is 0.194 e. The lowest BCUT2D eigenvalue weighted by Crippen LogP contribution is -2.25. The number of ether oxygens (including phenoxy) is 1. The van der Waals surface area contributed by atoms with Gasteiger partial charge in [0.05, 0.1) is 0 Å². The molecule has 36 heavy (non-hydrogen) atoms. The van der Waals surface area contributed by atoms with Crippen molar-refractivity contribution < 1.29 is 26.7 Å². The lowest BCUT2D eigenvalue weighted by molar-refractivity contribution is 0.155. The van der Waals surface area contributed by atoms with Crippen molar-refractivity contribution in [2.45, 2.75) is 96.8 Å². The lowest BCUT2D eigenvalue weighted by Gasteiger charge is -2.38. The number of hydrogen-bond donors (Lipinski definition) is 0. The fourth-order valence-electron chi connectivity index (χ4n) is 6.37. The Morgan fingerprint density at radius 1 is 0.806 bits per heavy atom. The van der Waals surface area contributed by atoms with Crippen molar-refractivity contribution in [1.29, 1.82) is 0 Å². The van der Waals surface area contributed by atoms with Crippen LogP contribution in [0.15, 0.2) is 12.1 Å². The van der Waals surface area contributed by atoms with Crippen LogP contribution in [0.5, 0.6) is 11.5 Å². The predicted molar refractivity (Wildman–Crippen MR) is 131 cm³/mol. The van der Waals surface area contributed by atoms with Crippen LogP contribution in [0, 0.1) is 52.9 Å². The molecule has 0 bridgehead atoms. The third-order valence-electron chi connectivity index (χ3n) is 8.46. The Morgan fingerprint density at radius 3 is 1.94 bits per heavy atom. The first-order chi connectivity index (χ1) is 17.3. The molecule has 4 rings (SSSR count). The fourth-order valence-corrected chi connectivity index (χ4v) is 6.37. The Bertz CT molecular complexity index is 1010. The second kappa shape index (κ2) is 12.0. The molecule has 0 saturated heterocycles. The van der Waals surface area contributed by atoms with Gasteiger partial charge in [-0.25, -0.2) is 22.0 Å². The van der Waals surface area contributed by atoms with E-state index in [-0.39, 0.29) is 29.4 Å². The van der Waals surface area contributed by atoms with Crippen LogP contribution in [0.4, 0.5) is 22.0 Å². The molecule has 1 nitrogen and oxygen atoms in total. The molecule has 0 unspecified atom stereocenters. The van der Waals surface area contributed by atoms with Gasteiger partial charge in [-0.2, -0.15) is 0 Å². The second-order valence-corrected chi connectivity index (χ2v) is 10.7. The number of hydrogen-bond acceptors (Lipinski definition) is 1. The molecule has 6 heteroatoms. The number of halogens is 5. The lowest BCUT2D eigenvalue weighted by atomic mass is 9.67. The van der Waals surface area contributed by atoms with Crippen molar-refractivity contribution >= 4 is 0 Å². The Balaban J connectivity index is 1.50. The first kappa shape index (κ1) is 26.9. The Hall–Kier alpha value is -2.11. The molecule has 197 valence electrons. The van der Waals surface area contributed by atoms with E-state index in [1.54, 1.807) is 6.92 Å². The molecule has 0 heterocycles. The summed E-state index contributed by atoms with van der Waals surface area (Å²) in [5, 5.41) is 0. The average Bonchev–Trinajstić information content (AvgIpc) is 2.88.